The summed E-state index contributed by atoms with van der Waals surface area (Å²) in [6.07, 6.45) is 1.88. The van der Waals surface area contributed by atoms with Gasteiger partial charge in [0.25, 0.3) is 11.7 Å². The summed E-state index contributed by atoms with van der Waals surface area (Å²) in [7, 11) is 0. The van der Waals surface area contributed by atoms with Crippen LogP contribution in [0.4, 0.5) is 0 Å². The average Bonchev–Trinajstić information content (AvgIpc) is 3.34. The number of benzene rings is 1. The van der Waals surface area contributed by atoms with Crippen molar-refractivity contribution in [1.29, 1.82) is 0 Å². The molecule has 1 fully saturated rings. The van der Waals surface area contributed by atoms with Gasteiger partial charge in [-0.25, -0.2) is 4.98 Å². The highest BCUT2D eigenvalue weighted by Gasteiger charge is 2.46. The maximum atomic E-state index is 13.5. The van der Waals surface area contributed by atoms with Crippen molar-refractivity contribution >= 4 is 23.1 Å². The molecule has 3 heterocycles. The largest absolute Gasteiger partial charge is 0.505 e. The van der Waals surface area contributed by atoms with Crippen LogP contribution in [0, 0.1) is 13.8 Å². The van der Waals surface area contributed by atoms with E-state index < -0.39 is 17.7 Å². The number of likely N-dealkylation sites (N-methyl/N-ethyl adjacent to an activating group) is 1. The summed E-state index contributed by atoms with van der Waals surface area (Å²) in [5.74, 6) is -1.49. The van der Waals surface area contributed by atoms with E-state index in [0.717, 1.165) is 29.8 Å². The van der Waals surface area contributed by atoms with Gasteiger partial charge < -0.3 is 19.3 Å². The Kier molecular flexibility index (Phi) is 7.29. The molecule has 0 aliphatic carbocycles. The maximum Gasteiger partial charge on any atom is 0.295 e. The number of nitrogens with zero attached hydrogens (tertiary/aromatic N) is 4. The fourth-order valence-electron chi connectivity index (χ4n) is 5.09. The zero-order chi connectivity index (χ0) is 27.1. The molecule has 196 valence electrons. The van der Waals surface area contributed by atoms with Crippen LogP contribution in [0.3, 0.4) is 0 Å². The lowest BCUT2D eigenvalue weighted by atomic mass is 9.85. The maximum absolute atomic E-state index is 13.5. The number of aryl methyl sites for hydroxylation is 2. The number of ketones is 1. The summed E-state index contributed by atoms with van der Waals surface area (Å²) < 4.78 is 1.90. The molecule has 0 spiro atoms. The van der Waals surface area contributed by atoms with Gasteiger partial charge in [-0.15, -0.1) is 0 Å². The number of fused-ring (bicyclic) bond motifs is 1. The first-order valence-corrected chi connectivity index (χ1v) is 13.0. The molecule has 0 saturated carbocycles. The fourth-order valence-corrected chi connectivity index (χ4v) is 5.09. The number of hydrogen-bond acceptors (Lipinski definition) is 5. The molecule has 1 atom stereocenters. The van der Waals surface area contributed by atoms with Gasteiger partial charge in [0.1, 0.15) is 11.3 Å². The van der Waals surface area contributed by atoms with Crippen LogP contribution in [0.1, 0.15) is 68.7 Å². The molecule has 7 nitrogen and oxygen atoms in total. The topological polar surface area (TPSA) is 78.2 Å². The molecule has 1 N–H and O–H groups in total. The van der Waals surface area contributed by atoms with Crippen molar-refractivity contribution in [2.24, 2.45) is 0 Å². The molecule has 1 aliphatic heterocycles. The van der Waals surface area contributed by atoms with Gasteiger partial charge in [0.15, 0.2) is 5.76 Å². The average molecular weight is 503 g/mol. The Bertz CT molecular complexity index is 1360. The molecule has 4 rings (SSSR count). The predicted molar refractivity (Wildman–Crippen MR) is 147 cm³/mol. The third-order valence-corrected chi connectivity index (χ3v) is 7.49. The molecule has 1 unspecified atom stereocenters. The van der Waals surface area contributed by atoms with E-state index in [1.165, 1.54) is 0 Å². The van der Waals surface area contributed by atoms with Crippen molar-refractivity contribution in [1.82, 2.24) is 19.2 Å². The Morgan fingerprint density at radius 1 is 1.05 bits per heavy atom. The van der Waals surface area contributed by atoms with E-state index in [1.54, 1.807) is 4.90 Å². The highest BCUT2D eigenvalue weighted by molar-refractivity contribution is 6.46. The SMILES string of the molecule is CCN(CC)CCN1C(=O)C(=O)C(=C(O)c2nc3c(C)cccn3c2C)C1c1ccc(C(C)(C)C)cc1. The number of rotatable bonds is 7. The van der Waals surface area contributed by atoms with Crippen LogP contribution in [0.15, 0.2) is 48.2 Å². The molecule has 2 aromatic heterocycles. The molecule has 7 heteroatoms. The number of aliphatic hydroxyl groups excluding tert-OH is 1. The highest BCUT2D eigenvalue weighted by Crippen LogP contribution is 2.40. The quantitative estimate of drug-likeness (QED) is 0.279. The van der Waals surface area contributed by atoms with Gasteiger partial charge in [-0.3, -0.25) is 9.59 Å². The first-order valence-electron chi connectivity index (χ1n) is 13.0. The summed E-state index contributed by atoms with van der Waals surface area (Å²) in [5, 5.41) is 11.6. The smallest absolute Gasteiger partial charge is 0.295 e. The van der Waals surface area contributed by atoms with Crippen molar-refractivity contribution in [2.45, 2.75) is 59.9 Å². The minimum absolute atomic E-state index is 0.0331. The number of amides is 1. The first-order chi connectivity index (χ1) is 17.5. The van der Waals surface area contributed by atoms with Crippen LogP contribution in [-0.2, 0) is 15.0 Å². The van der Waals surface area contributed by atoms with Crippen molar-refractivity contribution in [3.8, 4) is 0 Å². The Morgan fingerprint density at radius 2 is 1.70 bits per heavy atom. The Hall–Kier alpha value is -3.45. The van der Waals surface area contributed by atoms with E-state index in [-0.39, 0.29) is 16.7 Å². The van der Waals surface area contributed by atoms with E-state index >= 15 is 0 Å². The van der Waals surface area contributed by atoms with Crippen molar-refractivity contribution < 1.29 is 14.7 Å². The third-order valence-electron chi connectivity index (χ3n) is 7.49. The standard InChI is InChI=1S/C30H38N4O3/c1-8-32(9-2)17-18-34-25(21-12-14-22(15-13-21)30(5,6)7)23(27(36)29(34)37)26(35)24-20(4)33-16-10-11-19(3)28(33)31-24/h10-16,25,35H,8-9,17-18H2,1-7H3. The molecular formula is C30H38N4O3. The van der Waals surface area contributed by atoms with E-state index in [0.29, 0.717) is 30.1 Å². The van der Waals surface area contributed by atoms with Crippen LogP contribution >= 0.6 is 0 Å². The number of carbonyl (C=O) groups is 2. The van der Waals surface area contributed by atoms with Crippen molar-refractivity contribution in [2.75, 3.05) is 26.2 Å². The van der Waals surface area contributed by atoms with Gasteiger partial charge in [0, 0.05) is 19.3 Å². The normalized spacial score (nSPS) is 17.9. The number of aliphatic hydroxyl groups is 1. The van der Waals surface area contributed by atoms with Gasteiger partial charge >= 0.3 is 0 Å². The Morgan fingerprint density at radius 3 is 2.27 bits per heavy atom. The van der Waals surface area contributed by atoms with Gasteiger partial charge in [-0.05, 0) is 55.1 Å². The molecule has 3 aromatic rings. The lowest BCUT2D eigenvalue weighted by Crippen LogP contribution is -2.38. The second-order valence-corrected chi connectivity index (χ2v) is 10.8. The Balaban J connectivity index is 1.87. The zero-order valence-electron chi connectivity index (χ0n) is 23.0. The summed E-state index contributed by atoms with van der Waals surface area (Å²) >= 11 is 0. The van der Waals surface area contributed by atoms with Crippen LogP contribution in [0.2, 0.25) is 0 Å². The molecule has 1 amide bonds. The van der Waals surface area contributed by atoms with E-state index in [2.05, 4.69) is 44.5 Å². The molecule has 1 saturated heterocycles. The lowest BCUT2D eigenvalue weighted by Gasteiger charge is -2.28. The lowest BCUT2D eigenvalue weighted by molar-refractivity contribution is -0.140. The number of aromatic nitrogens is 2. The number of pyridine rings is 1. The van der Waals surface area contributed by atoms with Crippen molar-refractivity contribution in [3.05, 3.63) is 76.2 Å². The minimum atomic E-state index is -0.685. The highest BCUT2D eigenvalue weighted by atomic mass is 16.3. The summed E-state index contributed by atoms with van der Waals surface area (Å²) in [6.45, 7) is 17.1. The zero-order valence-corrected chi connectivity index (χ0v) is 23.0. The number of imidazole rings is 1. The van der Waals surface area contributed by atoms with Crippen LogP contribution in [0.5, 0.6) is 0 Å². The van der Waals surface area contributed by atoms with Gasteiger partial charge in [-0.2, -0.15) is 0 Å². The van der Waals surface area contributed by atoms with E-state index in [1.807, 2.05) is 60.8 Å². The Labute approximate surface area is 219 Å². The molecule has 1 aromatic carbocycles. The first kappa shape index (κ1) is 26.6. The van der Waals surface area contributed by atoms with Crippen LogP contribution in [0.25, 0.3) is 11.4 Å². The monoisotopic (exact) mass is 502 g/mol. The molecule has 0 bridgehead atoms. The molecule has 0 radical (unpaired) electrons. The number of carbonyl (C=O) groups excluding carboxylic acids is 2. The summed E-state index contributed by atoms with van der Waals surface area (Å²) in [6, 6.07) is 11.2. The number of Topliss-reactive ketones (excluding diaryl/α,β-unsaturated/α-hetero) is 1. The fraction of sp³-hybridized carbons (Fsp3) is 0.433. The molecule has 37 heavy (non-hydrogen) atoms. The third kappa shape index (κ3) is 4.80. The number of likely N-dealkylation sites (tertiary alicyclic amines) is 1. The predicted octanol–water partition coefficient (Wildman–Crippen LogP) is 5.01. The summed E-state index contributed by atoms with van der Waals surface area (Å²) in [5.41, 5.74) is 4.72. The number of hydrogen-bond donors (Lipinski definition) is 1. The van der Waals surface area contributed by atoms with Gasteiger partial charge in [-0.1, -0.05) is 65.0 Å². The molecular weight excluding hydrogens is 464 g/mol. The van der Waals surface area contributed by atoms with Crippen LogP contribution < -0.4 is 0 Å². The van der Waals surface area contributed by atoms with Crippen molar-refractivity contribution in [3.63, 3.8) is 0 Å². The minimum Gasteiger partial charge on any atom is -0.505 e. The second kappa shape index (κ2) is 10.1. The van der Waals surface area contributed by atoms with E-state index in [4.69, 9.17) is 0 Å². The van der Waals surface area contributed by atoms with E-state index in [9.17, 15) is 14.7 Å². The second-order valence-electron chi connectivity index (χ2n) is 10.8. The van der Waals surface area contributed by atoms with Crippen LogP contribution in [-0.4, -0.2) is 62.2 Å². The summed E-state index contributed by atoms with van der Waals surface area (Å²) in [4.78, 5) is 35.3. The van der Waals surface area contributed by atoms with Gasteiger partial charge in [0.2, 0.25) is 0 Å². The van der Waals surface area contributed by atoms with Gasteiger partial charge in [0.05, 0.1) is 17.3 Å². The molecule has 1 aliphatic rings.